The van der Waals surface area contributed by atoms with E-state index < -0.39 is 12.0 Å². The van der Waals surface area contributed by atoms with E-state index in [0.717, 1.165) is 0 Å². The van der Waals surface area contributed by atoms with Crippen molar-refractivity contribution < 1.29 is 14.7 Å². The first-order valence-electron chi connectivity index (χ1n) is 5.81. The van der Waals surface area contributed by atoms with Crippen LogP contribution in [-0.2, 0) is 9.59 Å². The maximum Gasteiger partial charge on any atom is 0.305 e. The molecule has 98 valence electrons. The summed E-state index contributed by atoms with van der Waals surface area (Å²) < 4.78 is 0. The van der Waals surface area contributed by atoms with E-state index in [4.69, 9.17) is 10.8 Å². The second-order valence-corrected chi connectivity index (χ2v) is 4.81. The van der Waals surface area contributed by atoms with E-state index in [0.29, 0.717) is 13.1 Å². The van der Waals surface area contributed by atoms with Gasteiger partial charge < -0.3 is 15.7 Å². The number of carboxylic acid groups (broad SMARTS) is 1. The molecule has 6 heteroatoms. The molecule has 0 aromatic rings. The number of nitrogens with zero attached hydrogens (tertiary/aromatic N) is 2. The Morgan fingerprint density at radius 2 is 1.82 bits per heavy atom. The summed E-state index contributed by atoms with van der Waals surface area (Å²) in [7, 11) is 2.02. The van der Waals surface area contributed by atoms with Gasteiger partial charge in [-0.2, -0.15) is 0 Å². The fraction of sp³-hybridized carbons (Fsp3) is 0.818. The summed E-state index contributed by atoms with van der Waals surface area (Å²) >= 11 is 0. The van der Waals surface area contributed by atoms with Crippen LogP contribution in [0.15, 0.2) is 0 Å². The molecule has 0 aromatic carbocycles. The van der Waals surface area contributed by atoms with Crippen molar-refractivity contribution in [2.24, 2.45) is 5.73 Å². The quantitative estimate of drug-likeness (QED) is 0.687. The summed E-state index contributed by atoms with van der Waals surface area (Å²) in [5.74, 6) is -1.31. The summed E-state index contributed by atoms with van der Waals surface area (Å²) in [6, 6.07) is -0.408. The third-order valence-corrected chi connectivity index (χ3v) is 3.38. The fourth-order valence-corrected chi connectivity index (χ4v) is 2.09. The van der Waals surface area contributed by atoms with E-state index >= 15 is 0 Å². The van der Waals surface area contributed by atoms with E-state index in [1.165, 1.54) is 0 Å². The number of hydrogen-bond acceptors (Lipinski definition) is 4. The smallest absolute Gasteiger partial charge is 0.305 e. The highest BCUT2D eigenvalue weighted by atomic mass is 16.4. The van der Waals surface area contributed by atoms with Crippen LogP contribution in [0.5, 0.6) is 0 Å². The summed E-state index contributed by atoms with van der Waals surface area (Å²) in [4.78, 5) is 26.3. The molecule has 0 aliphatic carbocycles. The Kier molecular flexibility index (Phi) is 4.47. The molecule has 1 fully saturated rings. The number of carbonyl (C=O) groups is 2. The monoisotopic (exact) mass is 243 g/mol. The zero-order valence-electron chi connectivity index (χ0n) is 10.6. The Morgan fingerprint density at radius 3 is 2.24 bits per heavy atom. The van der Waals surface area contributed by atoms with Gasteiger partial charge in [0.25, 0.3) is 0 Å². The molecule has 0 radical (unpaired) electrons. The molecule has 0 spiro atoms. The molecule has 3 atom stereocenters. The molecular formula is C11H21N3O3. The lowest BCUT2D eigenvalue weighted by Crippen LogP contribution is -2.59. The van der Waals surface area contributed by atoms with Crippen LogP contribution in [0.3, 0.4) is 0 Å². The van der Waals surface area contributed by atoms with Crippen LogP contribution >= 0.6 is 0 Å². The lowest BCUT2D eigenvalue weighted by atomic mass is 10.1. The number of carboxylic acids is 1. The Morgan fingerprint density at radius 1 is 1.35 bits per heavy atom. The second-order valence-electron chi connectivity index (χ2n) is 4.81. The first kappa shape index (κ1) is 13.9. The van der Waals surface area contributed by atoms with Gasteiger partial charge in [0.15, 0.2) is 0 Å². The largest absolute Gasteiger partial charge is 0.481 e. The SMILES string of the molecule is CC1CN(C(=O)C(N)CC(=O)O)CC(C)N1C. The maximum absolute atomic E-state index is 12.0. The maximum atomic E-state index is 12.0. The zero-order chi connectivity index (χ0) is 13.2. The highest BCUT2D eigenvalue weighted by molar-refractivity contribution is 5.86. The van der Waals surface area contributed by atoms with Crippen LogP contribution in [0, 0.1) is 0 Å². The molecule has 3 unspecified atom stereocenters. The minimum absolute atomic E-state index is 0.264. The first-order valence-corrected chi connectivity index (χ1v) is 5.81. The van der Waals surface area contributed by atoms with Gasteiger partial charge in [-0.05, 0) is 20.9 Å². The number of nitrogens with two attached hydrogens (primary N) is 1. The zero-order valence-corrected chi connectivity index (χ0v) is 10.6. The minimum atomic E-state index is -1.04. The van der Waals surface area contributed by atoms with Crippen molar-refractivity contribution in [1.82, 2.24) is 9.80 Å². The van der Waals surface area contributed by atoms with Gasteiger partial charge in [0.1, 0.15) is 0 Å². The van der Waals surface area contributed by atoms with Crippen LogP contribution in [0.1, 0.15) is 20.3 Å². The first-order chi connectivity index (χ1) is 7.82. The van der Waals surface area contributed by atoms with Crippen molar-refractivity contribution >= 4 is 11.9 Å². The Balaban J connectivity index is 2.61. The molecule has 1 amide bonds. The summed E-state index contributed by atoms with van der Waals surface area (Å²) in [6.45, 7) is 5.29. The molecule has 0 aromatic heterocycles. The average Bonchev–Trinajstić information content (AvgIpc) is 2.23. The molecule has 1 aliphatic rings. The van der Waals surface area contributed by atoms with Gasteiger partial charge in [0.2, 0.25) is 5.91 Å². The molecule has 6 nitrogen and oxygen atoms in total. The molecule has 3 N–H and O–H groups in total. The van der Waals surface area contributed by atoms with Crippen molar-refractivity contribution in [3.63, 3.8) is 0 Å². The fourth-order valence-electron chi connectivity index (χ4n) is 2.09. The van der Waals surface area contributed by atoms with Gasteiger partial charge in [-0.1, -0.05) is 0 Å². The number of likely N-dealkylation sites (N-methyl/N-ethyl adjacent to an activating group) is 1. The normalized spacial score (nSPS) is 27.9. The molecule has 17 heavy (non-hydrogen) atoms. The van der Waals surface area contributed by atoms with Crippen molar-refractivity contribution in [2.45, 2.75) is 38.4 Å². The molecule has 1 rings (SSSR count). The van der Waals surface area contributed by atoms with E-state index in [2.05, 4.69) is 4.90 Å². The van der Waals surface area contributed by atoms with Crippen molar-refractivity contribution in [3.05, 3.63) is 0 Å². The highest BCUT2D eigenvalue weighted by Gasteiger charge is 2.32. The van der Waals surface area contributed by atoms with Crippen molar-refractivity contribution in [3.8, 4) is 0 Å². The number of amides is 1. The molecular weight excluding hydrogens is 222 g/mol. The lowest BCUT2D eigenvalue weighted by Gasteiger charge is -2.43. The Hall–Kier alpha value is -1.14. The van der Waals surface area contributed by atoms with Gasteiger partial charge in [-0.15, -0.1) is 0 Å². The van der Waals surface area contributed by atoms with Crippen LogP contribution < -0.4 is 5.73 Å². The van der Waals surface area contributed by atoms with Crippen LogP contribution in [-0.4, -0.2) is 65.0 Å². The predicted octanol–water partition coefficient (Wildman–Crippen LogP) is -0.661. The average molecular weight is 243 g/mol. The second kappa shape index (κ2) is 5.46. The van der Waals surface area contributed by atoms with Gasteiger partial charge in [-0.25, -0.2) is 0 Å². The van der Waals surface area contributed by atoms with E-state index in [9.17, 15) is 9.59 Å². The van der Waals surface area contributed by atoms with Gasteiger partial charge in [0, 0.05) is 25.2 Å². The van der Waals surface area contributed by atoms with Crippen molar-refractivity contribution in [1.29, 1.82) is 0 Å². The summed E-state index contributed by atoms with van der Waals surface area (Å²) in [6.07, 6.45) is -0.312. The minimum Gasteiger partial charge on any atom is -0.481 e. The van der Waals surface area contributed by atoms with Crippen molar-refractivity contribution in [2.75, 3.05) is 20.1 Å². The van der Waals surface area contributed by atoms with Gasteiger partial charge in [-0.3, -0.25) is 14.5 Å². The molecule has 1 aliphatic heterocycles. The number of carbonyl (C=O) groups excluding carboxylic acids is 1. The van der Waals surface area contributed by atoms with E-state index in [1.807, 2.05) is 20.9 Å². The molecule has 0 saturated carbocycles. The Bertz CT molecular complexity index is 296. The standard InChI is InChI=1S/C11H21N3O3/c1-7-5-14(6-8(2)13(7)3)11(17)9(12)4-10(15)16/h7-9H,4-6,12H2,1-3H3,(H,15,16). The summed E-state index contributed by atoms with van der Waals surface area (Å²) in [5, 5.41) is 8.62. The third kappa shape index (κ3) is 3.41. The molecule has 1 heterocycles. The van der Waals surface area contributed by atoms with Gasteiger partial charge >= 0.3 is 5.97 Å². The van der Waals surface area contributed by atoms with E-state index in [-0.39, 0.29) is 24.4 Å². The van der Waals surface area contributed by atoms with Crippen LogP contribution in [0.2, 0.25) is 0 Å². The molecule has 0 bridgehead atoms. The number of rotatable bonds is 3. The lowest BCUT2D eigenvalue weighted by molar-refractivity contribution is -0.143. The topological polar surface area (TPSA) is 86.9 Å². The summed E-state index contributed by atoms with van der Waals surface area (Å²) in [5.41, 5.74) is 5.59. The molecule has 1 saturated heterocycles. The van der Waals surface area contributed by atoms with Gasteiger partial charge in [0.05, 0.1) is 12.5 Å². The number of hydrogen-bond donors (Lipinski definition) is 2. The number of piperazine rings is 1. The number of aliphatic carboxylic acids is 1. The predicted molar refractivity (Wildman–Crippen MR) is 63.5 cm³/mol. The van der Waals surface area contributed by atoms with Crippen LogP contribution in [0.25, 0.3) is 0 Å². The Labute approximate surface area is 101 Å². The highest BCUT2D eigenvalue weighted by Crippen LogP contribution is 2.14. The van der Waals surface area contributed by atoms with E-state index in [1.54, 1.807) is 4.90 Å². The third-order valence-electron chi connectivity index (χ3n) is 3.38. The van der Waals surface area contributed by atoms with Crippen LogP contribution in [0.4, 0.5) is 0 Å².